The number of carbonyl (C=O) groups excluding carboxylic acids is 1. The van der Waals surface area contributed by atoms with Gasteiger partial charge in [-0.1, -0.05) is 18.2 Å². The topological polar surface area (TPSA) is 88.7 Å². The molecule has 2 aromatic rings. The third-order valence-corrected chi connectivity index (χ3v) is 5.13. The maximum Gasteiger partial charge on any atom is 0.248 e. The second-order valence-corrected chi connectivity index (χ2v) is 6.55. The van der Waals surface area contributed by atoms with Crippen LogP contribution in [0.5, 0.6) is 5.75 Å². The van der Waals surface area contributed by atoms with Crippen molar-refractivity contribution in [3.63, 3.8) is 0 Å². The van der Waals surface area contributed by atoms with Crippen LogP contribution in [0.3, 0.4) is 0 Å². The summed E-state index contributed by atoms with van der Waals surface area (Å²) in [6, 6.07) is 11.3. The molecular weight excluding hydrogens is 306 g/mol. The molecule has 3 heterocycles. The molecule has 6 nitrogen and oxygen atoms in total. The number of pyridine rings is 1. The van der Waals surface area contributed by atoms with Crippen LogP contribution >= 0.6 is 0 Å². The zero-order valence-corrected chi connectivity index (χ0v) is 13.2. The molecule has 24 heavy (non-hydrogen) atoms. The highest BCUT2D eigenvalue weighted by Crippen LogP contribution is 2.49. The van der Waals surface area contributed by atoms with E-state index in [1.807, 2.05) is 18.2 Å². The Kier molecular flexibility index (Phi) is 3.42. The van der Waals surface area contributed by atoms with E-state index in [4.69, 9.17) is 10.5 Å². The quantitative estimate of drug-likeness (QED) is 0.884. The van der Waals surface area contributed by atoms with Gasteiger partial charge in [0, 0.05) is 30.8 Å². The van der Waals surface area contributed by atoms with Crippen molar-refractivity contribution in [2.24, 2.45) is 11.1 Å². The van der Waals surface area contributed by atoms with Gasteiger partial charge in [0.05, 0.1) is 18.6 Å². The number of aliphatic hydroxyl groups is 1. The molecule has 0 spiro atoms. The maximum absolute atomic E-state index is 11.4. The van der Waals surface area contributed by atoms with E-state index in [1.165, 1.54) is 0 Å². The summed E-state index contributed by atoms with van der Waals surface area (Å²) >= 11 is 0. The first-order valence-electron chi connectivity index (χ1n) is 7.96. The predicted octanol–water partition coefficient (Wildman–Crippen LogP) is 1.16. The molecule has 4 rings (SSSR count). The Balaban J connectivity index is 1.71. The number of amides is 1. The number of rotatable bonds is 3. The number of fused-ring (bicyclic) bond motifs is 3. The number of carbonyl (C=O) groups is 1. The van der Waals surface area contributed by atoms with Gasteiger partial charge in [0.25, 0.3) is 0 Å². The SMILES string of the molecule is NC(=O)c1ccnc(N2C[C@@H]3c4ccccc4OC[C@]3(CO)C2)c1. The van der Waals surface area contributed by atoms with Gasteiger partial charge in [-0.05, 0) is 23.8 Å². The Morgan fingerprint density at radius 3 is 3.04 bits per heavy atom. The van der Waals surface area contributed by atoms with E-state index in [0.717, 1.165) is 17.9 Å². The van der Waals surface area contributed by atoms with Gasteiger partial charge in [0.15, 0.2) is 0 Å². The molecule has 2 aliphatic heterocycles. The summed E-state index contributed by atoms with van der Waals surface area (Å²) in [5.41, 5.74) is 6.56. The number of hydrogen-bond acceptors (Lipinski definition) is 5. The number of anilines is 1. The number of aliphatic hydroxyl groups excluding tert-OH is 1. The van der Waals surface area contributed by atoms with Crippen molar-refractivity contribution in [1.29, 1.82) is 0 Å². The summed E-state index contributed by atoms with van der Waals surface area (Å²) in [5.74, 6) is 1.27. The van der Waals surface area contributed by atoms with Crippen LogP contribution in [0.4, 0.5) is 5.82 Å². The Morgan fingerprint density at radius 1 is 1.42 bits per heavy atom. The molecule has 1 aromatic carbocycles. The van der Waals surface area contributed by atoms with Crippen LogP contribution in [0.15, 0.2) is 42.6 Å². The molecule has 2 aliphatic rings. The van der Waals surface area contributed by atoms with Crippen LogP contribution in [0, 0.1) is 5.41 Å². The van der Waals surface area contributed by atoms with Crippen LogP contribution in [0.2, 0.25) is 0 Å². The Hall–Kier alpha value is -2.60. The number of hydrogen-bond donors (Lipinski definition) is 2. The van der Waals surface area contributed by atoms with Gasteiger partial charge in [-0.15, -0.1) is 0 Å². The molecule has 0 unspecified atom stereocenters. The van der Waals surface area contributed by atoms with Crippen molar-refractivity contribution >= 4 is 11.7 Å². The number of nitrogens with two attached hydrogens (primary N) is 1. The maximum atomic E-state index is 11.4. The Morgan fingerprint density at radius 2 is 2.25 bits per heavy atom. The molecule has 0 bridgehead atoms. The van der Waals surface area contributed by atoms with E-state index in [-0.39, 0.29) is 17.9 Å². The minimum atomic E-state index is -0.471. The molecule has 0 saturated carbocycles. The van der Waals surface area contributed by atoms with Gasteiger partial charge >= 0.3 is 0 Å². The van der Waals surface area contributed by atoms with Crippen LogP contribution in [0.1, 0.15) is 21.8 Å². The van der Waals surface area contributed by atoms with Crippen molar-refractivity contribution in [2.45, 2.75) is 5.92 Å². The van der Waals surface area contributed by atoms with Crippen molar-refractivity contribution < 1.29 is 14.6 Å². The molecular formula is C18H19N3O3. The molecule has 1 saturated heterocycles. The van der Waals surface area contributed by atoms with E-state index in [1.54, 1.807) is 18.3 Å². The van der Waals surface area contributed by atoms with E-state index in [0.29, 0.717) is 24.5 Å². The average Bonchev–Trinajstić information content (AvgIpc) is 3.03. The number of primary amides is 1. The summed E-state index contributed by atoms with van der Waals surface area (Å²) in [4.78, 5) is 17.9. The lowest BCUT2D eigenvalue weighted by Gasteiger charge is -2.37. The highest BCUT2D eigenvalue weighted by Gasteiger charge is 2.51. The highest BCUT2D eigenvalue weighted by atomic mass is 16.5. The van der Waals surface area contributed by atoms with Crippen molar-refractivity contribution in [2.75, 3.05) is 31.2 Å². The minimum absolute atomic E-state index is 0.0397. The zero-order chi connectivity index (χ0) is 16.7. The molecule has 6 heteroatoms. The molecule has 0 radical (unpaired) electrons. The van der Waals surface area contributed by atoms with E-state index in [9.17, 15) is 9.90 Å². The second kappa shape index (κ2) is 5.49. The summed E-state index contributed by atoms with van der Waals surface area (Å²) in [7, 11) is 0. The van der Waals surface area contributed by atoms with Crippen molar-refractivity contribution in [1.82, 2.24) is 4.98 Å². The number of benzene rings is 1. The number of aromatic nitrogens is 1. The third kappa shape index (κ3) is 2.22. The lowest BCUT2D eigenvalue weighted by Crippen LogP contribution is -2.42. The Bertz CT molecular complexity index is 795. The lowest BCUT2D eigenvalue weighted by molar-refractivity contribution is 0.0535. The molecule has 1 amide bonds. The van der Waals surface area contributed by atoms with Gasteiger partial charge in [-0.25, -0.2) is 4.98 Å². The van der Waals surface area contributed by atoms with Crippen molar-refractivity contribution in [3.8, 4) is 5.75 Å². The zero-order valence-electron chi connectivity index (χ0n) is 13.2. The largest absolute Gasteiger partial charge is 0.493 e. The van der Waals surface area contributed by atoms with Crippen LogP contribution in [-0.4, -0.2) is 42.3 Å². The first-order valence-corrected chi connectivity index (χ1v) is 7.96. The monoisotopic (exact) mass is 325 g/mol. The highest BCUT2D eigenvalue weighted by molar-refractivity contribution is 5.93. The molecule has 2 atom stereocenters. The minimum Gasteiger partial charge on any atom is -0.493 e. The predicted molar refractivity (Wildman–Crippen MR) is 89.2 cm³/mol. The van der Waals surface area contributed by atoms with E-state index >= 15 is 0 Å². The third-order valence-electron chi connectivity index (χ3n) is 5.13. The summed E-state index contributed by atoms with van der Waals surface area (Å²) < 4.78 is 5.90. The fraction of sp³-hybridized carbons (Fsp3) is 0.333. The fourth-order valence-corrected chi connectivity index (χ4v) is 3.79. The number of nitrogens with zero attached hydrogens (tertiary/aromatic N) is 2. The molecule has 1 fully saturated rings. The fourth-order valence-electron chi connectivity index (χ4n) is 3.79. The number of para-hydroxylation sites is 1. The molecule has 0 aliphatic carbocycles. The van der Waals surface area contributed by atoms with Gasteiger partial charge in [0.1, 0.15) is 11.6 Å². The van der Waals surface area contributed by atoms with Crippen LogP contribution in [-0.2, 0) is 0 Å². The molecule has 124 valence electrons. The van der Waals surface area contributed by atoms with Gasteiger partial charge in [-0.2, -0.15) is 0 Å². The smallest absolute Gasteiger partial charge is 0.248 e. The second-order valence-electron chi connectivity index (χ2n) is 6.55. The van der Waals surface area contributed by atoms with Crippen LogP contribution < -0.4 is 15.4 Å². The van der Waals surface area contributed by atoms with Gasteiger partial charge < -0.3 is 20.5 Å². The molecule has 1 aromatic heterocycles. The van der Waals surface area contributed by atoms with Gasteiger partial charge in [0.2, 0.25) is 5.91 Å². The normalized spacial score (nSPS) is 24.9. The number of ether oxygens (including phenoxy) is 1. The lowest BCUT2D eigenvalue weighted by atomic mass is 9.74. The summed E-state index contributed by atoms with van der Waals surface area (Å²) in [6.45, 7) is 1.85. The first kappa shape index (κ1) is 15.0. The Labute approximate surface area is 139 Å². The van der Waals surface area contributed by atoms with Crippen molar-refractivity contribution in [3.05, 3.63) is 53.7 Å². The first-order chi connectivity index (χ1) is 11.6. The summed E-state index contributed by atoms with van der Waals surface area (Å²) in [6.07, 6.45) is 1.59. The van der Waals surface area contributed by atoms with Gasteiger partial charge in [-0.3, -0.25) is 4.79 Å². The van der Waals surface area contributed by atoms with E-state index in [2.05, 4.69) is 16.0 Å². The summed E-state index contributed by atoms with van der Waals surface area (Å²) in [5, 5.41) is 10.1. The molecule has 3 N–H and O–H groups in total. The standard InChI is InChI=1S/C18H19N3O3/c19-17(23)12-5-6-20-16(7-12)21-8-14-13-3-1-2-4-15(13)24-11-18(14,9-21)10-22/h1-7,14,22H,8-11H2,(H2,19,23)/t14-,18-/m1/s1. The van der Waals surface area contributed by atoms with E-state index < -0.39 is 5.91 Å². The van der Waals surface area contributed by atoms with Crippen LogP contribution in [0.25, 0.3) is 0 Å². The average molecular weight is 325 g/mol.